The van der Waals surface area contributed by atoms with E-state index in [9.17, 15) is 14.5 Å². The fourth-order valence-electron chi connectivity index (χ4n) is 1.78. The lowest BCUT2D eigenvalue weighted by Gasteiger charge is -2.11. The van der Waals surface area contributed by atoms with Crippen LogP contribution in [0, 0.1) is 15.9 Å². The summed E-state index contributed by atoms with van der Waals surface area (Å²) in [5, 5.41) is 14.1. The molecule has 116 valence electrons. The monoisotopic (exact) mass is 345 g/mol. The molecule has 0 bridgehead atoms. The third-order valence-electron chi connectivity index (χ3n) is 2.81. The Kier molecular flexibility index (Phi) is 4.58. The molecule has 2 aromatic carbocycles. The second-order valence-electron chi connectivity index (χ2n) is 4.24. The first-order valence-corrected chi connectivity index (χ1v) is 6.62. The molecule has 0 aliphatic carbocycles. The Morgan fingerprint density at radius 2 is 1.86 bits per heavy atom. The summed E-state index contributed by atoms with van der Waals surface area (Å²) in [6, 6.07) is 5.05. The quantitative estimate of drug-likeness (QED) is 0.487. The van der Waals surface area contributed by atoms with Gasteiger partial charge >= 0.3 is 5.69 Å². The third kappa shape index (κ3) is 3.15. The Labute approximate surface area is 134 Å². The Hall–Kier alpha value is -2.25. The summed E-state index contributed by atoms with van der Waals surface area (Å²) in [4.78, 5) is 10.2. The van der Waals surface area contributed by atoms with Crippen molar-refractivity contribution in [3.8, 4) is 5.75 Å². The smallest absolute Gasteiger partial charge is 0.328 e. The molecule has 0 fully saturated rings. The Morgan fingerprint density at radius 3 is 2.36 bits per heavy atom. The molecular weight excluding hydrogens is 336 g/mol. The van der Waals surface area contributed by atoms with Crippen LogP contribution in [0.2, 0.25) is 10.0 Å². The molecule has 6 nitrogen and oxygen atoms in total. The number of ether oxygens (including phenoxy) is 1. The van der Waals surface area contributed by atoms with E-state index >= 15 is 0 Å². The molecule has 0 saturated heterocycles. The molecule has 0 aliphatic heterocycles. The highest BCUT2D eigenvalue weighted by Crippen LogP contribution is 2.37. The number of anilines is 3. The van der Waals surface area contributed by atoms with Crippen molar-refractivity contribution in [3.63, 3.8) is 0 Å². The minimum absolute atomic E-state index is 0.0984. The fraction of sp³-hybridized carbons (Fsp3) is 0.0769. The summed E-state index contributed by atoms with van der Waals surface area (Å²) in [5.41, 5.74) is 5.30. The van der Waals surface area contributed by atoms with E-state index in [0.717, 1.165) is 6.07 Å². The second-order valence-corrected chi connectivity index (χ2v) is 5.06. The van der Waals surface area contributed by atoms with Crippen molar-refractivity contribution in [2.75, 3.05) is 18.2 Å². The van der Waals surface area contributed by atoms with E-state index in [-0.39, 0.29) is 27.2 Å². The molecule has 0 amide bonds. The normalized spacial score (nSPS) is 10.4. The fourth-order valence-corrected chi connectivity index (χ4v) is 2.27. The Morgan fingerprint density at radius 1 is 1.27 bits per heavy atom. The van der Waals surface area contributed by atoms with Crippen LogP contribution in [0.3, 0.4) is 0 Å². The highest BCUT2D eigenvalue weighted by atomic mass is 35.5. The number of nitrogen functional groups attached to an aromatic ring is 1. The molecule has 0 aliphatic rings. The van der Waals surface area contributed by atoms with Crippen LogP contribution in [0.15, 0.2) is 24.3 Å². The van der Waals surface area contributed by atoms with Gasteiger partial charge in [-0.1, -0.05) is 23.2 Å². The van der Waals surface area contributed by atoms with Crippen LogP contribution in [0.5, 0.6) is 5.75 Å². The SMILES string of the molecule is COc1cc(F)c([N+](=O)[O-])c(Nc2cc(Cl)c(N)c(Cl)c2)c1. The van der Waals surface area contributed by atoms with Gasteiger partial charge in [0.1, 0.15) is 11.4 Å². The number of nitrogens with one attached hydrogen (secondary N) is 1. The summed E-state index contributed by atoms with van der Waals surface area (Å²) < 4.78 is 18.7. The number of nitrogens with two attached hydrogens (primary N) is 1. The Balaban J connectivity index is 2.53. The van der Waals surface area contributed by atoms with Crippen LogP contribution >= 0.6 is 23.2 Å². The van der Waals surface area contributed by atoms with Gasteiger partial charge in [0.25, 0.3) is 0 Å². The van der Waals surface area contributed by atoms with Crippen molar-refractivity contribution < 1.29 is 14.1 Å². The number of nitro benzene ring substituents is 1. The number of nitrogens with zero attached hydrogens (tertiary/aromatic N) is 1. The Bertz CT molecular complexity index is 733. The number of benzene rings is 2. The maximum Gasteiger partial charge on any atom is 0.328 e. The molecule has 0 heterocycles. The van der Waals surface area contributed by atoms with E-state index in [0.29, 0.717) is 5.69 Å². The predicted molar refractivity (Wildman–Crippen MR) is 83.8 cm³/mol. The van der Waals surface area contributed by atoms with Gasteiger partial charge in [0.2, 0.25) is 5.82 Å². The van der Waals surface area contributed by atoms with Crippen molar-refractivity contribution in [1.29, 1.82) is 0 Å². The molecule has 9 heteroatoms. The van der Waals surface area contributed by atoms with Crippen molar-refractivity contribution in [2.45, 2.75) is 0 Å². The van der Waals surface area contributed by atoms with Crippen molar-refractivity contribution in [2.24, 2.45) is 0 Å². The average molecular weight is 346 g/mol. The van der Waals surface area contributed by atoms with Gasteiger partial charge in [0, 0.05) is 17.8 Å². The zero-order valence-electron chi connectivity index (χ0n) is 11.2. The van der Waals surface area contributed by atoms with Crippen molar-refractivity contribution in [3.05, 3.63) is 50.2 Å². The molecule has 2 aromatic rings. The molecule has 0 saturated carbocycles. The highest BCUT2D eigenvalue weighted by Gasteiger charge is 2.22. The first-order valence-electron chi connectivity index (χ1n) is 5.87. The molecular formula is C13H10Cl2FN3O3. The van der Waals surface area contributed by atoms with Crippen LogP contribution in [0.1, 0.15) is 0 Å². The zero-order valence-corrected chi connectivity index (χ0v) is 12.7. The van der Waals surface area contributed by atoms with Gasteiger partial charge < -0.3 is 15.8 Å². The lowest BCUT2D eigenvalue weighted by molar-refractivity contribution is -0.386. The van der Waals surface area contributed by atoms with Gasteiger partial charge in [0.05, 0.1) is 27.8 Å². The van der Waals surface area contributed by atoms with Gasteiger partial charge in [-0.05, 0) is 12.1 Å². The molecule has 0 radical (unpaired) electrons. The molecule has 22 heavy (non-hydrogen) atoms. The van der Waals surface area contributed by atoms with Gasteiger partial charge in [0.15, 0.2) is 0 Å². The minimum atomic E-state index is -1.03. The number of rotatable bonds is 4. The van der Waals surface area contributed by atoms with Gasteiger partial charge in [-0.15, -0.1) is 0 Å². The summed E-state index contributed by atoms with van der Waals surface area (Å²) in [7, 11) is 1.32. The van der Waals surface area contributed by atoms with Crippen molar-refractivity contribution >= 4 is 46.0 Å². The summed E-state index contributed by atoms with van der Waals surface area (Å²) in [6.45, 7) is 0. The number of methoxy groups -OCH3 is 1. The zero-order chi connectivity index (χ0) is 16.4. The first kappa shape index (κ1) is 16.1. The molecule has 0 aromatic heterocycles. The van der Waals surface area contributed by atoms with Crippen molar-refractivity contribution in [1.82, 2.24) is 0 Å². The maximum absolute atomic E-state index is 13.8. The third-order valence-corrected chi connectivity index (χ3v) is 3.44. The lowest BCUT2D eigenvalue weighted by Crippen LogP contribution is -2.01. The second kappa shape index (κ2) is 6.25. The van der Waals surface area contributed by atoms with E-state index < -0.39 is 16.4 Å². The summed E-state index contributed by atoms with van der Waals surface area (Å²) in [5.74, 6) is -0.905. The molecule has 0 spiro atoms. The van der Waals surface area contributed by atoms with Gasteiger partial charge in [-0.25, -0.2) is 0 Å². The van der Waals surface area contributed by atoms with Crippen LogP contribution in [-0.2, 0) is 0 Å². The molecule has 2 rings (SSSR count). The number of halogens is 3. The molecule has 0 unspecified atom stereocenters. The predicted octanol–water partition coefficient (Wildman–Crippen LogP) is 4.38. The minimum Gasteiger partial charge on any atom is -0.497 e. The van der Waals surface area contributed by atoms with E-state index in [2.05, 4.69) is 5.32 Å². The van der Waals surface area contributed by atoms with Crippen LogP contribution in [0.25, 0.3) is 0 Å². The van der Waals surface area contributed by atoms with Gasteiger partial charge in [-0.3, -0.25) is 10.1 Å². The van der Waals surface area contributed by atoms with Crippen LogP contribution < -0.4 is 15.8 Å². The van der Waals surface area contributed by atoms with Crippen LogP contribution in [-0.4, -0.2) is 12.0 Å². The lowest BCUT2D eigenvalue weighted by atomic mass is 10.2. The number of nitro groups is 1. The number of hydrogen-bond donors (Lipinski definition) is 2. The molecule has 0 atom stereocenters. The number of hydrogen-bond acceptors (Lipinski definition) is 5. The summed E-state index contributed by atoms with van der Waals surface area (Å²) >= 11 is 11.8. The van der Waals surface area contributed by atoms with E-state index in [4.69, 9.17) is 33.7 Å². The van der Waals surface area contributed by atoms with E-state index in [1.807, 2.05) is 0 Å². The molecule has 3 N–H and O–H groups in total. The standard InChI is InChI=1S/C13H10Cl2FN3O3/c1-22-7-4-10(16)13(19(20)21)11(5-7)18-6-2-8(14)12(17)9(15)3-6/h2-5,18H,17H2,1H3. The largest absolute Gasteiger partial charge is 0.497 e. The summed E-state index contributed by atoms with van der Waals surface area (Å²) in [6.07, 6.45) is 0. The van der Waals surface area contributed by atoms with Gasteiger partial charge in [-0.2, -0.15) is 4.39 Å². The van der Waals surface area contributed by atoms with E-state index in [1.165, 1.54) is 25.3 Å². The highest BCUT2D eigenvalue weighted by molar-refractivity contribution is 6.39. The topological polar surface area (TPSA) is 90.4 Å². The average Bonchev–Trinajstić information content (AvgIpc) is 2.43. The maximum atomic E-state index is 13.8. The van der Waals surface area contributed by atoms with E-state index in [1.54, 1.807) is 0 Å². The van der Waals surface area contributed by atoms with Crippen LogP contribution in [0.4, 0.5) is 27.1 Å². The first-order chi connectivity index (χ1) is 10.3.